The Balaban J connectivity index is 1.87. The van der Waals surface area contributed by atoms with Crippen LogP contribution in [0, 0.1) is 25.2 Å². The van der Waals surface area contributed by atoms with Crippen LogP contribution in [0.3, 0.4) is 0 Å². The number of aromatic nitrogens is 2. The van der Waals surface area contributed by atoms with Crippen LogP contribution in [0.1, 0.15) is 28.4 Å². The first kappa shape index (κ1) is 18.3. The van der Waals surface area contributed by atoms with Crippen LogP contribution in [0.4, 0.5) is 5.82 Å². The second kappa shape index (κ2) is 7.81. The van der Waals surface area contributed by atoms with E-state index in [1.54, 1.807) is 0 Å². The summed E-state index contributed by atoms with van der Waals surface area (Å²) in [6, 6.07) is 12.9. The predicted octanol–water partition coefficient (Wildman–Crippen LogP) is 2.47. The number of benzene rings is 1. The number of hydrogen-bond acceptors (Lipinski definition) is 6. The topological polar surface area (TPSA) is 65.3 Å². The lowest BCUT2D eigenvalue weighted by molar-refractivity contribution is -0.0580. The highest BCUT2D eigenvalue weighted by Gasteiger charge is 2.33. The molecule has 6 heteroatoms. The quantitative estimate of drug-likeness (QED) is 0.843. The molecule has 1 aliphatic heterocycles. The van der Waals surface area contributed by atoms with Gasteiger partial charge < -0.3 is 9.64 Å². The van der Waals surface area contributed by atoms with Gasteiger partial charge in [-0.15, -0.1) is 5.10 Å². The van der Waals surface area contributed by atoms with Gasteiger partial charge in [-0.05, 0) is 32.0 Å². The average Bonchev–Trinajstić information content (AvgIpc) is 2.64. The lowest BCUT2D eigenvalue weighted by atomic mass is 9.98. The summed E-state index contributed by atoms with van der Waals surface area (Å²) in [6.07, 6.45) is -0.0175. The molecule has 1 saturated heterocycles. The van der Waals surface area contributed by atoms with E-state index in [0.29, 0.717) is 24.5 Å². The molecule has 0 saturated carbocycles. The van der Waals surface area contributed by atoms with E-state index in [9.17, 15) is 5.26 Å². The molecular weight excluding hydrogens is 326 g/mol. The van der Waals surface area contributed by atoms with E-state index < -0.39 is 0 Å². The number of morpholine rings is 1. The van der Waals surface area contributed by atoms with Crippen molar-refractivity contribution in [3.8, 4) is 6.07 Å². The lowest BCUT2D eigenvalue weighted by Crippen LogP contribution is -2.48. The van der Waals surface area contributed by atoms with E-state index in [1.807, 2.05) is 31.9 Å². The molecule has 0 radical (unpaired) electrons. The Bertz CT molecular complexity index is 802. The van der Waals surface area contributed by atoms with Gasteiger partial charge in [0.1, 0.15) is 11.6 Å². The normalized spacial score (nSPS) is 20.6. The van der Waals surface area contributed by atoms with Gasteiger partial charge in [-0.1, -0.05) is 30.3 Å². The summed E-state index contributed by atoms with van der Waals surface area (Å²) in [5.74, 6) is 0.610. The molecule has 1 aromatic carbocycles. The minimum Gasteiger partial charge on any atom is -0.373 e. The number of hydrogen-bond donors (Lipinski definition) is 0. The van der Waals surface area contributed by atoms with E-state index >= 15 is 0 Å². The van der Waals surface area contributed by atoms with Crippen LogP contribution in [0.25, 0.3) is 0 Å². The Hall–Kier alpha value is -2.49. The smallest absolute Gasteiger partial charge is 0.169 e. The van der Waals surface area contributed by atoms with Gasteiger partial charge in [0.15, 0.2) is 5.82 Å². The van der Waals surface area contributed by atoms with Gasteiger partial charge in [-0.25, -0.2) is 0 Å². The Morgan fingerprint density at radius 1 is 1.27 bits per heavy atom. The first-order chi connectivity index (χ1) is 12.5. The molecule has 6 nitrogen and oxygen atoms in total. The summed E-state index contributed by atoms with van der Waals surface area (Å²) < 4.78 is 6.12. The Morgan fingerprint density at radius 3 is 2.69 bits per heavy atom. The zero-order chi connectivity index (χ0) is 18.7. The molecule has 136 valence electrons. The third-order valence-corrected chi connectivity index (χ3v) is 5.11. The largest absolute Gasteiger partial charge is 0.373 e. The molecule has 0 unspecified atom stereocenters. The number of nitriles is 1. The molecule has 26 heavy (non-hydrogen) atoms. The Morgan fingerprint density at radius 2 is 2.00 bits per heavy atom. The highest BCUT2D eigenvalue weighted by Crippen LogP contribution is 2.30. The molecule has 1 aromatic heterocycles. The van der Waals surface area contributed by atoms with Crippen molar-refractivity contribution >= 4 is 5.82 Å². The fourth-order valence-corrected chi connectivity index (χ4v) is 3.49. The first-order valence-electron chi connectivity index (χ1n) is 8.84. The minimum atomic E-state index is -0.0175. The number of anilines is 1. The average molecular weight is 351 g/mol. The summed E-state index contributed by atoms with van der Waals surface area (Å²) in [7, 11) is 4.07. The number of nitrogens with zero attached hydrogens (tertiary/aromatic N) is 5. The molecule has 0 amide bonds. The molecule has 1 aliphatic rings. The van der Waals surface area contributed by atoms with Gasteiger partial charge in [-0.2, -0.15) is 10.4 Å². The molecular formula is C20H25N5O. The van der Waals surface area contributed by atoms with Gasteiger partial charge in [0.25, 0.3) is 0 Å². The van der Waals surface area contributed by atoms with Gasteiger partial charge in [0, 0.05) is 20.1 Å². The number of aryl methyl sites for hydroxylation is 1. The van der Waals surface area contributed by atoms with Crippen molar-refractivity contribution in [3.63, 3.8) is 0 Å². The molecule has 2 heterocycles. The van der Waals surface area contributed by atoms with Crippen LogP contribution in [0.5, 0.6) is 0 Å². The van der Waals surface area contributed by atoms with Gasteiger partial charge in [-0.3, -0.25) is 4.90 Å². The summed E-state index contributed by atoms with van der Waals surface area (Å²) in [6.45, 7) is 6.01. The Labute approximate surface area is 155 Å². The van der Waals surface area contributed by atoms with Crippen molar-refractivity contribution in [2.24, 2.45) is 0 Å². The fourth-order valence-electron chi connectivity index (χ4n) is 3.49. The van der Waals surface area contributed by atoms with E-state index in [0.717, 1.165) is 17.8 Å². The summed E-state index contributed by atoms with van der Waals surface area (Å²) >= 11 is 0. The fraction of sp³-hybridized carbons (Fsp3) is 0.450. The summed E-state index contributed by atoms with van der Waals surface area (Å²) in [5.41, 5.74) is 3.49. The third kappa shape index (κ3) is 3.55. The minimum absolute atomic E-state index is 0.0175. The van der Waals surface area contributed by atoms with Gasteiger partial charge in [0.05, 0.1) is 24.4 Å². The van der Waals surface area contributed by atoms with E-state index in [2.05, 4.69) is 52.5 Å². The van der Waals surface area contributed by atoms with Crippen LogP contribution < -0.4 is 4.90 Å². The monoisotopic (exact) mass is 351 g/mol. The summed E-state index contributed by atoms with van der Waals surface area (Å²) in [4.78, 5) is 4.31. The predicted molar refractivity (Wildman–Crippen MR) is 101 cm³/mol. The van der Waals surface area contributed by atoms with E-state index in [1.165, 1.54) is 5.56 Å². The van der Waals surface area contributed by atoms with Crippen LogP contribution in [-0.2, 0) is 4.74 Å². The van der Waals surface area contributed by atoms with Gasteiger partial charge >= 0.3 is 0 Å². The molecule has 2 atom stereocenters. The van der Waals surface area contributed by atoms with E-state index in [-0.39, 0.29) is 12.1 Å². The standard InChI is InChI=1S/C20H25N5O/c1-14-15(2)22-23-20(17(14)12-21)25(4)13-18-19(24(3)10-11-26-18)16-8-6-5-7-9-16/h5-9,18-19H,10-11,13H2,1-4H3/t18-,19-/m0/s1. The highest BCUT2D eigenvalue weighted by atomic mass is 16.5. The molecule has 0 bridgehead atoms. The molecule has 1 fully saturated rings. The highest BCUT2D eigenvalue weighted by molar-refractivity contribution is 5.57. The molecule has 0 N–H and O–H groups in total. The SMILES string of the molecule is Cc1nnc(N(C)C[C@@H]2OCCN(C)[C@H]2c2ccccc2)c(C#N)c1C. The second-order valence-corrected chi connectivity index (χ2v) is 6.85. The molecule has 0 aliphatic carbocycles. The van der Waals surface area contributed by atoms with Crippen molar-refractivity contribution in [3.05, 3.63) is 52.7 Å². The molecule has 0 spiro atoms. The summed E-state index contributed by atoms with van der Waals surface area (Å²) in [5, 5.41) is 18.0. The Kier molecular flexibility index (Phi) is 5.50. The van der Waals surface area contributed by atoms with Crippen molar-refractivity contribution < 1.29 is 4.74 Å². The second-order valence-electron chi connectivity index (χ2n) is 6.85. The van der Waals surface area contributed by atoms with Gasteiger partial charge in [0.2, 0.25) is 0 Å². The maximum atomic E-state index is 9.57. The zero-order valence-electron chi connectivity index (χ0n) is 15.8. The molecule has 2 aromatic rings. The first-order valence-corrected chi connectivity index (χ1v) is 8.84. The van der Waals surface area contributed by atoms with Crippen LogP contribution in [-0.4, -0.2) is 55.0 Å². The number of ether oxygens (including phenoxy) is 1. The van der Waals surface area contributed by atoms with Crippen LogP contribution in [0.2, 0.25) is 0 Å². The van der Waals surface area contributed by atoms with Crippen molar-refractivity contribution in [2.75, 3.05) is 38.7 Å². The van der Waals surface area contributed by atoms with E-state index in [4.69, 9.17) is 4.74 Å². The third-order valence-electron chi connectivity index (χ3n) is 5.11. The maximum absolute atomic E-state index is 9.57. The van der Waals surface area contributed by atoms with Crippen molar-refractivity contribution in [1.82, 2.24) is 15.1 Å². The number of rotatable bonds is 4. The van der Waals surface area contributed by atoms with Crippen molar-refractivity contribution in [1.29, 1.82) is 5.26 Å². The zero-order valence-corrected chi connectivity index (χ0v) is 15.8. The maximum Gasteiger partial charge on any atom is 0.169 e. The number of likely N-dealkylation sites (N-methyl/N-ethyl adjacent to an activating group) is 2. The van der Waals surface area contributed by atoms with Crippen LogP contribution >= 0.6 is 0 Å². The lowest BCUT2D eigenvalue weighted by Gasteiger charge is -2.41. The van der Waals surface area contributed by atoms with Crippen molar-refractivity contribution in [2.45, 2.75) is 26.0 Å². The molecule has 3 rings (SSSR count). The van der Waals surface area contributed by atoms with Crippen LogP contribution in [0.15, 0.2) is 30.3 Å².